The van der Waals surface area contributed by atoms with Gasteiger partial charge in [0.05, 0.1) is 12.5 Å². The molecule has 6 rings (SSSR count). The van der Waals surface area contributed by atoms with Crippen LogP contribution in [-0.4, -0.2) is 28.8 Å². The van der Waals surface area contributed by atoms with Gasteiger partial charge in [-0.05, 0) is 41.7 Å². The minimum absolute atomic E-state index is 0. The largest absolute Gasteiger partial charge is 0.463 e. The second-order valence-corrected chi connectivity index (χ2v) is 13.4. The molecule has 6 aromatic rings. The first-order valence-electron chi connectivity index (χ1n) is 15.1. The van der Waals surface area contributed by atoms with Crippen LogP contribution in [0.5, 0.6) is 0 Å². The first kappa shape index (κ1) is 42.6. The number of ketones is 1. The van der Waals surface area contributed by atoms with Crippen LogP contribution in [0.15, 0.2) is 106 Å². The number of hydrogen-bond donors (Lipinski definition) is 2. The van der Waals surface area contributed by atoms with Crippen LogP contribution in [0.1, 0.15) is 83.1 Å². The van der Waals surface area contributed by atoms with Crippen LogP contribution in [0, 0.1) is 11.8 Å². The maximum Gasteiger partial charge on any atom is 0.205 e. The molecule has 0 radical (unpaired) electrons. The Morgan fingerprint density at radius 3 is 1.65 bits per heavy atom. The van der Waals surface area contributed by atoms with E-state index in [0.29, 0.717) is 33.7 Å². The van der Waals surface area contributed by atoms with Crippen LogP contribution < -0.4 is 10.6 Å². The van der Waals surface area contributed by atoms with Gasteiger partial charge in [-0.1, -0.05) is 129 Å². The summed E-state index contributed by atoms with van der Waals surface area (Å²) in [6.07, 6.45) is 4.16. The maximum atomic E-state index is 12.8. The second-order valence-electron chi connectivity index (χ2n) is 11.3. The molecule has 0 aliphatic heterocycles. The van der Waals surface area contributed by atoms with Gasteiger partial charge in [0.25, 0.3) is 0 Å². The Morgan fingerprint density at radius 2 is 1.14 bits per heavy atom. The zero-order chi connectivity index (χ0) is 31.6. The number of thiazole rings is 2. The average Bonchev–Trinajstić information content (AvgIpc) is 3.87. The highest BCUT2D eigenvalue weighted by Crippen LogP contribution is 2.34. The molecule has 4 aromatic heterocycles. The zero-order valence-corrected chi connectivity index (χ0v) is 27.6. The summed E-state index contributed by atoms with van der Waals surface area (Å²) in [5.74, 6) is 2.50. The molecule has 0 spiro atoms. The summed E-state index contributed by atoms with van der Waals surface area (Å²) in [4.78, 5) is 23.9. The maximum absolute atomic E-state index is 12.8. The Balaban J connectivity index is 0.000000453. The molecule has 7 nitrogen and oxygen atoms in total. The number of rotatable bonds is 12. The lowest BCUT2D eigenvalue weighted by Gasteiger charge is -2.04. The van der Waals surface area contributed by atoms with Crippen LogP contribution in [0.3, 0.4) is 0 Å². The third kappa shape index (κ3) is 11.9. The predicted octanol–water partition coefficient (Wildman–Crippen LogP) is 12.3. The summed E-state index contributed by atoms with van der Waals surface area (Å²) in [6, 6.07) is 27.2. The second kappa shape index (κ2) is 20.8. The van der Waals surface area contributed by atoms with Gasteiger partial charge < -0.3 is 19.5 Å². The Kier molecular flexibility index (Phi) is 18.1. The molecule has 264 valence electrons. The summed E-state index contributed by atoms with van der Waals surface area (Å²) in [5, 5.41) is 8.41. The molecular weight excluding hydrogens is 649 g/mol. The van der Waals surface area contributed by atoms with Crippen molar-refractivity contribution in [1.82, 2.24) is 9.97 Å². The SMILES string of the molecule is C.C.C.C.CC(C)CNc1nc(-c2ccco2)c(C(=O)c2ccccc2)s1.CC(C)CNc1nc(-c2ccco2)c(Cc2ccccc2)s1. The van der Waals surface area contributed by atoms with Crippen LogP contribution in [0.25, 0.3) is 22.9 Å². The number of nitrogens with zero attached hydrogens (tertiary/aromatic N) is 2. The summed E-state index contributed by atoms with van der Waals surface area (Å²) < 4.78 is 11.0. The highest BCUT2D eigenvalue weighted by Gasteiger charge is 2.22. The van der Waals surface area contributed by atoms with E-state index in [4.69, 9.17) is 13.8 Å². The monoisotopic (exact) mass is 702 g/mol. The van der Waals surface area contributed by atoms with Crippen molar-refractivity contribution >= 4 is 38.7 Å². The van der Waals surface area contributed by atoms with Crippen LogP contribution in [-0.2, 0) is 6.42 Å². The number of aromatic nitrogens is 2. The molecule has 0 fully saturated rings. The number of anilines is 2. The molecular formula is C40H54N4O3S2. The average molecular weight is 703 g/mol. The van der Waals surface area contributed by atoms with Crippen LogP contribution in [0.4, 0.5) is 10.3 Å². The Labute approximate surface area is 301 Å². The summed E-state index contributed by atoms with van der Waals surface area (Å²) in [7, 11) is 0. The van der Waals surface area contributed by atoms with Crippen molar-refractivity contribution in [2.75, 3.05) is 23.7 Å². The Hall–Kier alpha value is -4.47. The third-order valence-corrected chi connectivity index (χ3v) is 8.63. The number of carbonyl (C=O) groups excluding carboxylic acids is 1. The van der Waals surface area contributed by atoms with Gasteiger partial charge in [0.1, 0.15) is 16.3 Å². The van der Waals surface area contributed by atoms with E-state index in [9.17, 15) is 4.79 Å². The van der Waals surface area contributed by atoms with Crippen molar-refractivity contribution in [2.45, 2.75) is 63.8 Å². The van der Waals surface area contributed by atoms with Gasteiger partial charge in [-0.25, -0.2) is 9.97 Å². The van der Waals surface area contributed by atoms with Crippen molar-refractivity contribution in [3.8, 4) is 22.9 Å². The van der Waals surface area contributed by atoms with Crippen LogP contribution in [0.2, 0.25) is 0 Å². The molecule has 0 aliphatic carbocycles. The third-order valence-electron chi connectivity index (χ3n) is 6.61. The van der Waals surface area contributed by atoms with Gasteiger partial charge in [-0.15, -0.1) is 11.3 Å². The summed E-state index contributed by atoms with van der Waals surface area (Å²) in [6.45, 7) is 10.4. The molecule has 0 saturated carbocycles. The predicted molar refractivity (Wildman–Crippen MR) is 212 cm³/mol. The fourth-order valence-electron chi connectivity index (χ4n) is 4.37. The Morgan fingerprint density at radius 1 is 0.653 bits per heavy atom. The van der Waals surface area contributed by atoms with Gasteiger partial charge >= 0.3 is 0 Å². The molecule has 4 heterocycles. The molecule has 0 bridgehead atoms. The normalized spacial score (nSPS) is 10.1. The van der Waals surface area contributed by atoms with E-state index in [1.165, 1.54) is 21.8 Å². The summed E-state index contributed by atoms with van der Waals surface area (Å²) in [5.41, 5.74) is 3.49. The fraction of sp³-hybridized carbons (Fsp3) is 0.325. The molecule has 0 amide bonds. The molecule has 2 aromatic carbocycles. The lowest BCUT2D eigenvalue weighted by atomic mass is 10.1. The van der Waals surface area contributed by atoms with E-state index in [1.807, 2.05) is 54.6 Å². The van der Waals surface area contributed by atoms with E-state index < -0.39 is 0 Å². The van der Waals surface area contributed by atoms with Crippen molar-refractivity contribution in [1.29, 1.82) is 0 Å². The van der Waals surface area contributed by atoms with E-state index in [1.54, 1.807) is 29.9 Å². The van der Waals surface area contributed by atoms with Crippen molar-refractivity contribution < 1.29 is 13.6 Å². The van der Waals surface area contributed by atoms with Gasteiger partial charge in [0.15, 0.2) is 21.8 Å². The fourth-order valence-corrected chi connectivity index (χ4v) is 6.31. The van der Waals surface area contributed by atoms with E-state index in [0.717, 1.165) is 41.2 Å². The van der Waals surface area contributed by atoms with Crippen molar-refractivity contribution in [3.05, 3.63) is 118 Å². The summed E-state index contributed by atoms with van der Waals surface area (Å²) >= 11 is 3.08. The molecule has 9 heteroatoms. The minimum Gasteiger partial charge on any atom is -0.463 e. The van der Waals surface area contributed by atoms with E-state index in [2.05, 4.69) is 67.6 Å². The number of carbonyl (C=O) groups is 1. The topological polar surface area (TPSA) is 93.2 Å². The molecule has 0 saturated heterocycles. The molecule has 2 N–H and O–H groups in total. The van der Waals surface area contributed by atoms with Gasteiger partial charge in [-0.3, -0.25) is 4.79 Å². The van der Waals surface area contributed by atoms with E-state index >= 15 is 0 Å². The molecule has 49 heavy (non-hydrogen) atoms. The van der Waals surface area contributed by atoms with Crippen molar-refractivity contribution in [3.63, 3.8) is 0 Å². The highest BCUT2D eigenvalue weighted by molar-refractivity contribution is 7.18. The van der Waals surface area contributed by atoms with Gasteiger partial charge in [-0.2, -0.15) is 0 Å². The first-order chi connectivity index (χ1) is 21.9. The Bertz CT molecular complexity index is 1740. The smallest absolute Gasteiger partial charge is 0.205 e. The van der Waals surface area contributed by atoms with Crippen molar-refractivity contribution in [2.24, 2.45) is 11.8 Å². The first-order valence-corrected chi connectivity index (χ1v) is 16.7. The van der Waals surface area contributed by atoms with Gasteiger partial charge in [0, 0.05) is 30.0 Å². The highest BCUT2D eigenvalue weighted by atomic mass is 32.1. The number of benzene rings is 2. The number of nitrogens with one attached hydrogen (secondary N) is 2. The van der Waals surface area contributed by atoms with Gasteiger partial charge in [0.2, 0.25) is 5.78 Å². The zero-order valence-electron chi connectivity index (χ0n) is 25.9. The van der Waals surface area contributed by atoms with E-state index in [-0.39, 0.29) is 35.5 Å². The standard InChI is InChI=1S/C18H18N2O2S.C18H20N2OS.4CH4/c1-12(2)11-19-18-20-15(14-9-6-10-22-14)17(23-18)16(21)13-7-4-3-5-8-13;1-13(2)12-19-18-20-17(15-9-6-10-21-15)16(22-18)11-14-7-4-3-5-8-14;;;;/h3-10,12H,11H2,1-2H3,(H,19,20);3-10,13H,11-12H2,1-2H3,(H,19,20);4*1H4. The quantitative estimate of drug-likeness (QED) is 0.123. The number of furan rings is 2. The van der Waals surface area contributed by atoms with Crippen LogP contribution >= 0.6 is 22.7 Å². The molecule has 0 unspecified atom stereocenters. The lowest BCUT2D eigenvalue weighted by molar-refractivity contribution is 0.104. The number of hydrogen-bond acceptors (Lipinski definition) is 9. The minimum atomic E-state index is -0.0351. The lowest BCUT2D eigenvalue weighted by Crippen LogP contribution is -2.07. The molecule has 0 aliphatic rings. The molecule has 0 atom stereocenters.